The minimum absolute atomic E-state index is 0.0947. The highest BCUT2D eigenvalue weighted by atomic mass is 32.1. The zero-order valence-corrected chi connectivity index (χ0v) is 11.8. The zero-order valence-electron chi connectivity index (χ0n) is 11.0. The van der Waals surface area contributed by atoms with E-state index >= 15 is 0 Å². The maximum atomic E-state index is 9.55. The number of nitrogens with zero attached hydrogens (tertiary/aromatic N) is 1. The van der Waals surface area contributed by atoms with Crippen molar-refractivity contribution in [2.24, 2.45) is 0 Å². The lowest BCUT2D eigenvalue weighted by atomic mass is 9.88. The quantitative estimate of drug-likeness (QED) is 0.906. The average molecular weight is 265 g/mol. The van der Waals surface area contributed by atoms with Gasteiger partial charge in [0.25, 0.3) is 0 Å². The van der Waals surface area contributed by atoms with Gasteiger partial charge in [-0.15, -0.1) is 11.3 Å². The van der Waals surface area contributed by atoms with E-state index in [0.29, 0.717) is 0 Å². The number of likely N-dealkylation sites (tertiary alicyclic amines) is 1. The lowest BCUT2D eigenvalue weighted by molar-refractivity contribution is 0.175. The molecule has 100 valence electrons. The van der Waals surface area contributed by atoms with Crippen molar-refractivity contribution in [3.8, 4) is 0 Å². The summed E-state index contributed by atoms with van der Waals surface area (Å²) in [5.74, 6) is 0.835. The zero-order chi connectivity index (χ0) is 12.4. The lowest BCUT2D eigenvalue weighted by Crippen LogP contribution is -2.20. The average Bonchev–Trinajstić information content (AvgIpc) is 3.01. The first-order valence-corrected chi connectivity index (χ1v) is 8.12. The predicted molar refractivity (Wildman–Crippen MR) is 76.0 cm³/mol. The van der Waals surface area contributed by atoms with Crippen LogP contribution < -0.4 is 0 Å². The summed E-state index contributed by atoms with van der Waals surface area (Å²) in [6.07, 6.45) is 7.89. The SMILES string of the molecule is O[C@@H]1CCN(Cc2ccc(C3CCCCC3)s2)C1. The van der Waals surface area contributed by atoms with Crippen LogP contribution in [-0.4, -0.2) is 29.2 Å². The number of aliphatic hydroxyl groups is 1. The van der Waals surface area contributed by atoms with E-state index in [1.165, 1.54) is 37.0 Å². The number of hydrogen-bond donors (Lipinski definition) is 1. The van der Waals surface area contributed by atoms with Gasteiger partial charge in [-0.1, -0.05) is 19.3 Å². The smallest absolute Gasteiger partial charge is 0.0679 e. The van der Waals surface area contributed by atoms with Crippen LogP contribution in [0.3, 0.4) is 0 Å². The summed E-state index contributed by atoms with van der Waals surface area (Å²) in [4.78, 5) is 5.45. The van der Waals surface area contributed by atoms with Crippen molar-refractivity contribution in [1.29, 1.82) is 0 Å². The molecule has 1 atom stereocenters. The largest absolute Gasteiger partial charge is 0.392 e. The van der Waals surface area contributed by atoms with Crippen molar-refractivity contribution in [3.05, 3.63) is 21.9 Å². The van der Waals surface area contributed by atoms with Gasteiger partial charge in [0, 0.05) is 29.4 Å². The highest BCUT2D eigenvalue weighted by Gasteiger charge is 2.21. The second kappa shape index (κ2) is 5.72. The summed E-state index contributed by atoms with van der Waals surface area (Å²) in [5, 5.41) is 9.55. The summed E-state index contributed by atoms with van der Waals surface area (Å²) in [7, 11) is 0. The maximum Gasteiger partial charge on any atom is 0.0679 e. The fraction of sp³-hybridized carbons (Fsp3) is 0.733. The van der Waals surface area contributed by atoms with Gasteiger partial charge in [0.05, 0.1) is 6.10 Å². The molecule has 1 aliphatic heterocycles. The third-order valence-electron chi connectivity index (χ3n) is 4.32. The van der Waals surface area contributed by atoms with Gasteiger partial charge in [-0.25, -0.2) is 0 Å². The van der Waals surface area contributed by atoms with Crippen molar-refractivity contribution in [1.82, 2.24) is 4.90 Å². The molecule has 2 fully saturated rings. The number of hydrogen-bond acceptors (Lipinski definition) is 3. The van der Waals surface area contributed by atoms with E-state index in [0.717, 1.165) is 32.0 Å². The van der Waals surface area contributed by atoms with Crippen LogP contribution in [0.4, 0.5) is 0 Å². The Morgan fingerprint density at radius 2 is 2.00 bits per heavy atom. The molecule has 3 rings (SSSR count). The van der Waals surface area contributed by atoms with Crippen molar-refractivity contribution in [3.63, 3.8) is 0 Å². The molecular weight excluding hydrogens is 242 g/mol. The standard InChI is InChI=1S/C15H23NOS/c17-13-8-9-16(10-13)11-14-6-7-15(18-14)12-4-2-1-3-5-12/h6-7,12-13,17H,1-5,8-11H2/t13-/m1/s1. The Hall–Kier alpha value is -0.380. The first kappa shape index (κ1) is 12.6. The van der Waals surface area contributed by atoms with Crippen LogP contribution in [0, 0.1) is 0 Å². The van der Waals surface area contributed by atoms with Crippen LogP contribution in [0.15, 0.2) is 12.1 Å². The molecule has 2 nitrogen and oxygen atoms in total. The predicted octanol–water partition coefficient (Wildman–Crippen LogP) is 3.36. The Morgan fingerprint density at radius 1 is 1.17 bits per heavy atom. The third kappa shape index (κ3) is 2.95. The molecule has 0 radical (unpaired) electrons. The molecule has 1 aromatic rings. The maximum absolute atomic E-state index is 9.55. The van der Waals surface area contributed by atoms with Crippen LogP contribution in [-0.2, 0) is 6.54 Å². The molecule has 1 saturated heterocycles. The van der Waals surface area contributed by atoms with Crippen LogP contribution in [0.1, 0.15) is 54.2 Å². The van der Waals surface area contributed by atoms with Crippen molar-refractivity contribution in [2.75, 3.05) is 13.1 Å². The van der Waals surface area contributed by atoms with Gasteiger partial charge in [0.2, 0.25) is 0 Å². The summed E-state index contributed by atoms with van der Waals surface area (Å²) >= 11 is 2.00. The Morgan fingerprint density at radius 3 is 2.72 bits per heavy atom. The topological polar surface area (TPSA) is 23.5 Å². The third-order valence-corrected chi connectivity index (χ3v) is 5.55. The molecule has 1 N–H and O–H groups in total. The van der Waals surface area contributed by atoms with Crippen LogP contribution in [0.25, 0.3) is 0 Å². The second-order valence-electron chi connectivity index (χ2n) is 5.82. The summed E-state index contributed by atoms with van der Waals surface area (Å²) in [6, 6.07) is 4.65. The molecule has 1 aromatic heterocycles. The lowest BCUT2D eigenvalue weighted by Gasteiger charge is -2.20. The molecule has 0 aromatic carbocycles. The van der Waals surface area contributed by atoms with E-state index in [2.05, 4.69) is 17.0 Å². The van der Waals surface area contributed by atoms with E-state index in [4.69, 9.17) is 0 Å². The fourth-order valence-electron chi connectivity index (χ4n) is 3.26. The van der Waals surface area contributed by atoms with Crippen LogP contribution >= 0.6 is 11.3 Å². The monoisotopic (exact) mass is 265 g/mol. The number of β-amino-alcohol motifs (C(OH)–C–C–N with tert-alkyl or cyclic N) is 1. The fourth-order valence-corrected chi connectivity index (χ4v) is 4.49. The van der Waals surface area contributed by atoms with E-state index in [9.17, 15) is 5.11 Å². The van der Waals surface area contributed by atoms with E-state index in [1.807, 2.05) is 11.3 Å². The van der Waals surface area contributed by atoms with E-state index in [-0.39, 0.29) is 6.10 Å². The molecule has 18 heavy (non-hydrogen) atoms. The Labute approximate surface area is 114 Å². The molecule has 2 aliphatic rings. The van der Waals surface area contributed by atoms with Gasteiger partial charge in [0.1, 0.15) is 0 Å². The second-order valence-corrected chi connectivity index (χ2v) is 7.02. The molecule has 0 bridgehead atoms. The first-order valence-electron chi connectivity index (χ1n) is 7.30. The summed E-state index contributed by atoms with van der Waals surface area (Å²) < 4.78 is 0. The molecule has 1 aliphatic carbocycles. The normalized spacial score (nSPS) is 26.8. The van der Waals surface area contributed by atoms with Gasteiger partial charge in [0.15, 0.2) is 0 Å². The molecule has 1 saturated carbocycles. The highest BCUT2D eigenvalue weighted by molar-refractivity contribution is 7.12. The number of rotatable bonds is 3. The highest BCUT2D eigenvalue weighted by Crippen LogP contribution is 2.36. The van der Waals surface area contributed by atoms with Crippen molar-refractivity contribution < 1.29 is 5.11 Å². The minimum Gasteiger partial charge on any atom is -0.392 e. The molecule has 3 heteroatoms. The Bertz CT molecular complexity index is 384. The minimum atomic E-state index is -0.0947. The van der Waals surface area contributed by atoms with Gasteiger partial charge in [-0.05, 0) is 37.3 Å². The van der Waals surface area contributed by atoms with Gasteiger partial charge in [-0.3, -0.25) is 4.90 Å². The van der Waals surface area contributed by atoms with Crippen molar-refractivity contribution in [2.45, 2.75) is 57.1 Å². The molecule has 0 spiro atoms. The van der Waals surface area contributed by atoms with E-state index < -0.39 is 0 Å². The summed E-state index contributed by atoms with van der Waals surface area (Å²) in [6.45, 7) is 2.95. The Kier molecular flexibility index (Phi) is 4.02. The number of aliphatic hydroxyl groups excluding tert-OH is 1. The van der Waals surface area contributed by atoms with Crippen molar-refractivity contribution >= 4 is 11.3 Å². The van der Waals surface area contributed by atoms with Gasteiger partial charge in [-0.2, -0.15) is 0 Å². The summed E-state index contributed by atoms with van der Waals surface area (Å²) in [5.41, 5.74) is 0. The first-order chi connectivity index (χ1) is 8.81. The van der Waals surface area contributed by atoms with Gasteiger partial charge >= 0.3 is 0 Å². The molecule has 0 unspecified atom stereocenters. The van der Waals surface area contributed by atoms with Crippen LogP contribution in [0.5, 0.6) is 0 Å². The molecule has 0 amide bonds. The molecular formula is C15H23NOS. The Balaban J connectivity index is 1.59. The van der Waals surface area contributed by atoms with Crippen LogP contribution in [0.2, 0.25) is 0 Å². The number of thiophene rings is 1. The van der Waals surface area contributed by atoms with Gasteiger partial charge < -0.3 is 5.11 Å². The molecule has 2 heterocycles. The van der Waals surface area contributed by atoms with E-state index in [1.54, 1.807) is 4.88 Å².